The number of alkyl halides is 2. The van der Waals surface area contributed by atoms with Crippen LogP contribution in [0.3, 0.4) is 0 Å². The summed E-state index contributed by atoms with van der Waals surface area (Å²) in [6.45, 7) is -0.959. The van der Waals surface area contributed by atoms with E-state index in [1.807, 2.05) is 0 Å². The van der Waals surface area contributed by atoms with Gasteiger partial charge in [0.25, 0.3) is 6.43 Å². The molecule has 0 aliphatic rings. The van der Waals surface area contributed by atoms with Crippen molar-refractivity contribution < 1.29 is 17.2 Å². The molecule has 0 atom stereocenters. The normalized spacial score (nSPS) is 11.8. The minimum atomic E-state index is -4.00. The van der Waals surface area contributed by atoms with E-state index in [-0.39, 0.29) is 10.8 Å². The molecule has 0 bridgehead atoms. The van der Waals surface area contributed by atoms with Crippen LogP contribution in [0.25, 0.3) is 0 Å². The molecule has 1 aromatic rings. The summed E-state index contributed by atoms with van der Waals surface area (Å²) in [5.74, 6) is 4.99. The van der Waals surface area contributed by atoms with Gasteiger partial charge in [0, 0.05) is 0 Å². The molecule has 90 valence electrons. The third kappa shape index (κ3) is 3.32. The Balaban J connectivity index is 2.82. The molecule has 4 N–H and O–H groups in total. The molecule has 0 spiro atoms. The Bertz CT molecular complexity index is 435. The number of hydrazine groups is 1. The molecular formula is C6H9F2N5O2S. The Kier molecular flexibility index (Phi) is 4.04. The fourth-order valence-electron chi connectivity index (χ4n) is 0.786. The lowest BCUT2D eigenvalue weighted by molar-refractivity contribution is 0.153. The molecule has 10 heteroatoms. The fraction of sp³-hybridized carbons (Fsp3) is 0.333. The van der Waals surface area contributed by atoms with E-state index < -0.39 is 23.0 Å². The highest BCUT2D eigenvalue weighted by Crippen LogP contribution is 2.06. The second-order valence-corrected chi connectivity index (χ2v) is 4.40. The zero-order chi connectivity index (χ0) is 12.2. The number of nitrogens with zero attached hydrogens (tertiary/aromatic N) is 2. The van der Waals surface area contributed by atoms with Crippen LogP contribution in [0.5, 0.6) is 0 Å². The van der Waals surface area contributed by atoms with Crippen molar-refractivity contribution in [2.75, 3.05) is 12.0 Å². The third-order valence-corrected chi connectivity index (χ3v) is 2.87. The molecule has 0 fully saturated rings. The van der Waals surface area contributed by atoms with Crippen molar-refractivity contribution in [3.8, 4) is 0 Å². The summed E-state index contributed by atoms with van der Waals surface area (Å²) >= 11 is 0. The van der Waals surface area contributed by atoms with Crippen LogP contribution in [0.4, 0.5) is 14.7 Å². The number of halogens is 2. The molecule has 1 rings (SSSR count). The predicted molar refractivity (Wildman–Crippen MR) is 51.0 cm³/mol. The number of hydrogen-bond acceptors (Lipinski definition) is 6. The summed E-state index contributed by atoms with van der Waals surface area (Å²) in [6, 6.07) is 0. The highest BCUT2D eigenvalue weighted by Gasteiger charge is 2.16. The summed E-state index contributed by atoms with van der Waals surface area (Å²) in [5.41, 5.74) is 2.10. The lowest BCUT2D eigenvalue weighted by Crippen LogP contribution is -2.29. The first-order valence-corrected chi connectivity index (χ1v) is 5.50. The molecule has 0 aliphatic carbocycles. The van der Waals surface area contributed by atoms with E-state index in [0.717, 1.165) is 12.4 Å². The number of hydrogen-bond donors (Lipinski definition) is 3. The van der Waals surface area contributed by atoms with Gasteiger partial charge >= 0.3 is 0 Å². The first-order chi connectivity index (χ1) is 7.45. The van der Waals surface area contributed by atoms with E-state index in [9.17, 15) is 17.2 Å². The van der Waals surface area contributed by atoms with Crippen molar-refractivity contribution in [2.24, 2.45) is 5.84 Å². The summed E-state index contributed by atoms with van der Waals surface area (Å²) in [4.78, 5) is 6.76. The second-order valence-electron chi connectivity index (χ2n) is 2.63. The monoisotopic (exact) mass is 253 g/mol. The predicted octanol–water partition coefficient (Wildman–Crippen LogP) is -0.694. The molecule has 0 saturated heterocycles. The van der Waals surface area contributed by atoms with Gasteiger partial charge in [-0.2, -0.15) is 0 Å². The summed E-state index contributed by atoms with van der Waals surface area (Å²) in [7, 11) is -4.00. The van der Waals surface area contributed by atoms with Crippen LogP contribution in [-0.2, 0) is 10.0 Å². The van der Waals surface area contributed by atoms with E-state index in [1.165, 1.54) is 0 Å². The van der Waals surface area contributed by atoms with Gasteiger partial charge in [-0.15, -0.1) is 0 Å². The molecule has 0 aliphatic heterocycles. The lowest BCUT2D eigenvalue weighted by Gasteiger charge is -2.05. The first-order valence-electron chi connectivity index (χ1n) is 4.02. The Morgan fingerprint density at radius 3 is 2.38 bits per heavy atom. The number of nitrogen functional groups attached to an aromatic ring is 1. The van der Waals surface area contributed by atoms with Crippen LogP contribution in [0.1, 0.15) is 0 Å². The zero-order valence-corrected chi connectivity index (χ0v) is 8.71. The smallest absolute Gasteiger partial charge is 0.251 e. The zero-order valence-electron chi connectivity index (χ0n) is 7.89. The maximum Gasteiger partial charge on any atom is 0.251 e. The SMILES string of the molecule is NNc1ncc(S(=O)(=O)NCC(F)F)cn1. The highest BCUT2D eigenvalue weighted by molar-refractivity contribution is 7.89. The number of nitrogens with two attached hydrogens (primary N) is 1. The van der Waals surface area contributed by atoms with Gasteiger partial charge in [-0.25, -0.2) is 37.7 Å². The van der Waals surface area contributed by atoms with Crippen molar-refractivity contribution in [1.29, 1.82) is 0 Å². The summed E-state index contributed by atoms with van der Waals surface area (Å²) in [6.07, 6.45) is -0.855. The van der Waals surface area contributed by atoms with Gasteiger partial charge in [-0.05, 0) is 0 Å². The van der Waals surface area contributed by atoms with Crippen molar-refractivity contribution in [1.82, 2.24) is 14.7 Å². The van der Waals surface area contributed by atoms with Crippen LogP contribution >= 0.6 is 0 Å². The van der Waals surface area contributed by atoms with Gasteiger partial charge in [-0.3, -0.25) is 5.43 Å². The van der Waals surface area contributed by atoms with Crippen molar-refractivity contribution in [2.45, 2.75) is 11.3 Å². The maximum atomic E-state index is 11.8. The minimum Gasteiger partial charge on any atom is -0.292 e. The van der Waals surface area contributed by atoms with E-state index in [4.69, 9.17) is 5.84 Å². The number of anilines is 1. The second kappa shape index (κ2) is 5.09. The molecule has 0 aromatic carbocycles. The van der Waals surface area contributed by atoms with Gasteiger partial charge in [0.15, 0.2) is 0 Å². The van der Waals surface area contributed by atoms with E-state index in [0.29, 0.717) is 0 Å². The molecule has 1 aromatic heterocycles. The van der Waals surface area contributed by atoms with Gasteiger partial charge in [0.05, 0.1) is 18.9 Å². The van der Waals surface area contributed by atoms with Crippen LogP contribution in [-0.4, -0.2) is 31.4 Å². The molecule has 0 saturated carbocycles. The number of aromatic nitrogens is 2. The van der Waals surface area contributed by atoms with Crippen molar-refractivity contribution >= 4 is 16.0 Å². The molecular weight excluding hydrogens is 244 g/mol. The van der Waals surface area contributed by atoms with Gasteiger partial charge in [-0.1, -0.05) is 0 Å². The number of nitrogens with one attached hydrogen (secondary N) is 2. The summed E-state index contributed by atoms with van der Waals surface area (Å²) < 4.78 is 48.1. The Morgan fingerprint density at radius 1 is 1.38 bits per heavy atom. The maximum absolute atomic E-state index is 11.8. The van der Waals surface area contributed by atoms with Crippen molar-refractivity contribution in [3.63, 3.8) is 0 Å². The van der Waals surface area contributed by atoms with Crippen LogP contribution < -0.4 is 16.0 Å². The molecule has 0 unspecified atom stereocenters. The molecule has 7 nitrogen and oxygen atoms in total. The Morgan fingerprint density at radius 2 is 1.94 bits per heavy atom. The average Bonchev–Trinajstić information content (AvgIpc) is 2.27. The lowest BCUT2D eigenvalue weighted by atomic mass is 10.7. The standard InChI is InChI=1S/C6H9F2N5O2S/c7-5(8)3-12-16(14,15)4-1-10-6(13-9)11-2-4/h1-2,5,12H,3,9H2,(H,10,11,13). The van der Waals surface area contributed by atoms with E-state index >= 15 is 0 Å². The third-order valence-electron chi connectivity index (χ3n) is 1.50. The number of sulfonamides is 1. The highest BCUT2D eigenvalue weighted by atomic mass is 32.2. The molecule has 1 heterocycles. The fourth-order valence-corrected chi connectivity index (χ4v) is 1.68. The molecule has 0 radical (unpaired) electrons. The Labute approximate surface area is 90.1 Å². The van der Waals surface area contributed by atoms with Gasteiger partial charge < -0.3 is 0 Å². The van der Waals surface area contributed by atoms with E-state index in [2.05, 4.69) is 15.4 Å². The molecule has 0 amide bonds. The van der Waals surface area contributed by atoms with Crippen molar-refractivity contribution in [3.05, 3.63) is 12.4 Å². The van der Waals surface area contributed by atoms with Gasteiger partial charge in [0.1, 0.15) is 4.90 Å². The van der Waals surface area contributed by atoms with E-state index in [1.54, 1.807) is 4.72 Å². The van der Waals surface area contributed by atoms with Crippen LogP contribution in [0.15, 0.2) is 17.3 Å². The summed E-state index contributed by atoms with van der Waals surface area (Å²) in [5, 5.41) is 0. The quantitative estimate of drug-likeness (QED) is 0.473. The number of rotatable bonds is 5. The topological polar surface area (TPSA) is 110 Å². The average molecular weight is 253 g/mol. The minimum absolute atomic E-state index is 0.0211. The van der Waals surface area contributed by atoms with Crippen LogP contribution in [0, 0.1) is 0 Å². The molecule has 16 heavy (non-hydrogen) atoms. The largest absolute Gasteiger partial charge is 0.292 e. The van der Waals surface area contributed by atoms with Gasteiger partial charge in [0.2, 0.25) is 16.0 Å². The van der Waals surface area contributed by atoms with Crippen LogP contribution in [0.2, 0.25) is 0 Å². The first kappa shape index (κ1) is 12.7. The Hall–Kier alpha value is -1.39.